The van der Waals surface area contributed by atoms with Crippen molar-refractivity contribution in [1.29, 1.82) is 0 Å². The number of hydrogen-bond donors (Lipinski definition) is 0. The molecule has 0 aromatic heterocycles. The van der Waals surface area contributed by atoms with Crippen LogP contribution in [-0.4, -0.2) is 0 Å². The van der Waals surface area contributed by atoms with Crippen LogP contribution in [0.15, 0.2) is 54.1 Å². The average Bonchev–Trinajstić information content (AvgIpc) is 3.22. The largest absolute Gasteiger partial charge is 0.145 e. The van der Waals surface area contributed by atoms with Crippen molar-refractivity contribution in [1.82, 2.24) is 0 Å². The third kappa shape index (κ3) is 4.01. The Morgan fingerprint density at radius 1 is 0.727 bits per heavy atom. The first-order valence-electron chi connectivity index (χ1n) is 13.4. The second-order valence-corrected chi connectivity index (χ2v) is 11.6. The van der Waals surface area contributed by atoms with Crippen LogP contribution in [0.3, 0.4) is 0 Å². The zero-order valence-electron chi connectivity index (χ0n) is 19.7. The van der Waals surface area contributed by atoms with Gasteiger partial charge < -0.3 is 0 Å². The maximum absolute atomic E-state index is 3.75. The normalized spacial score (nSPS) is 33.3. The van der Waals surface area contributed by atoms with Crippen molar-refractivity contribution in [2.45, 2.75) is 70.1 Å². The zero-order valence-corrected chi connectivity index (χ0v) is 22.2. The van der Waals surface area contributed by atoms with Crippen LogP contribution in [0.2, 0.25) is 0 Å². The molecule has 4 bridgehead atoms. The maximum atomic E-state index is 3.75. The first kappa shape index (κ1) is 22.3. The summed E-state index contributed by atoms with van der Waals surface area (Å²) >= 11 is 0. The van der Waals surface area contributed by atoms with Gasteiger partial charge >= 0.3 is 0 Å². The smallest absolute Gasteiger partial charge is 0 e. The Balaban J connectivity index is 0.00000206. The molecule has 5 saturated carbocycles. The number of rotatable bonds is 3. The molecule has 2 aromatic rings. The van der Waals surface area contributed by atoms with Crippen LogP contribution in [0.1, 0.15) is 75.7 Å². The molecule has 168 valence electrons. The Labute approximate surface area is 218 Å². The van der Waals surface area contributed by atoms with Gasteiger partial charge in [-0.25, -0.2) is 0 Å². The van der Waals surface area contributed by atoms with Crippen LogP contribution in [0.25, 0.3) is 23.3 Å². The van der Waals surface area contributed by atoms with Gasteiger partial charge in [-0.05, 0) is 78.7 Å². The minimum Gasteiger partial charge on any atom is -0.145 e. The molecule has 0 heterocycles. The summed E-state index contributed by atoms with van der Waals surface area (Å²) in [6.07, 6.45) is 23.1. The molecule has 33 heavy (non-hydrogen) atoms. The van der Waals surface area contributed by atoms with Crippen molar-refractivity contribution in [3.8, 4) is 11.1 Å². The Hall–Kier alpha value is -1.20. The minimum absolute atomic E-state index is 0. The molecule has 1 heteroatoms. The number of hydrogen-bond acceptors (Lipinski definition) is 0. The second kappa shape index (κ2) is 9.11. The first-order valence-corrected chi connectivity index (χ1v) is 13.4. The number of allylic oxidation sites excluding steroid dienone is 2. The molecule has 5 fully saturated rings. The van der Waals surface area contributed by atoms with E-state index in [1.807, 2.05) is 0 Å². The molecule has 0 N–H and O–H groups in total. The van der Waals surface area contributed by atoms with Gasteiger partial charge in [-0.3, -0.25) is 0 Å². The van der Waals surface area contributed by atoms with E-state index in [2.05, 4.69) is 60.7 Å². The molecule has 0 saturated heterocycles. The fourth-order valence-electron chi connectivity index (χ4n) is 8.52. The van der Waals surface area contributed by atoms with Gasteiger partial charge in [-0.15, -0.1) is 40.3 Å². The van der Waals surface area contributed by atoms with Gasteiger partial charge in [0.2, 0.25) is 0 Å². The zero-order chi connectivity index (χ0) is 21.1. The van der Waals surface area contributed by atoms with E-state index in [1.54, 1.807) is 5.56 Å². The number of benzene rings is 2. The fourth-order valence-corrected chi connectivity index (χ4v) is 8.52. The van der Waals surface area contributed by atoms with Crippen molar-refractivity contribution < 1.29 is 26.2 Å². The fraction of sp³-hybridized carbons (Fsp3) is 0.500. The Bertz CT molecular complexity index is 1150. The van der Waals surface area contributed by atoms with Crippen LogP contribution < -0.4 is 10.4 Å². The standard InChI is InChI=1S/C32H35.Zr/c1-2-7-21(8-3-1)13-24-15-25-9-6-12-29(31(25)20-24)28-10-4-5-11-30(28)32-26-16-22-14-23(18-26)19-27(32)17-22;/h4-6,9-13,20-23,26-27,32H,1-3,7-8,14,16-19H2;/q-1;. The van der Waals surface area contributed by atoms with E-state index >= 15 is 0 Å². The molecule has 6 aliphatic carbocycles. The molecule has 8 rings (SSSR count). The first-order chi connectivity index (χ1) is 15.8. The summed E-state index contributed by atoms with van der Waals surface area (Å²) in [5, 5.41) is 2.70. The summed E-state index contributed by atoms with van der Waals surface area (Å²) in [6.45, 7) is 0. The minimum atomic E-state index is 0. The van der Waals surface area contributed by atoms with Crippen LogP contribution in [0, 0.1) is 29.6 Å². The number of fused-ring (bicyclic) bond motifs is 1. The molecule has 0 unspecified atom stereocenters. The average molecular weight is 511 g/mol. The van der Waals surface area contributed by atoms with Gasteiger partial charge in [0.15, 0.2) is 0 Å². The van der Waals surface area contributed by atoms with Crippen molar-refractivity contribution >= 4 is 12.2 Å². The van der Waals surface area contributed by atoms with Crippen molar-refractivity contribution in [2.24, 2.45) is 29.6 Å². The van der Waals surface area contributed by atoms with Gasteiger partial charge in [0.25, 0.3) is 0 Å². The summed E-state index contributed by atoms with van der Waals surface area (Å²) in [4.78, 5) is 0. The predicted octanol–water partition coefficient (Wildman–Crippen LogP) is 6.85. The van der Waals surface area contributed by atoms with Gasteiger partial charge in [0.05, 0.1) is 0 Å². The Morgan fingerprint density at radius 2 is 1.42 bits per heavy atom. The van der Waals surface area contributed by atoms with E-state index < -0.39 is 0 Å². The van der Waals surface area contributed by atoms with Crippen molar-refractivity contribution in [3.05, 3.63) is 70.1 Å². The predicted molar refractivity (Wildman–Crippen MR) is 133 cm³/mol. The molecular weight excluding hydrogens is 476 g/mol. The van der Waals surface area contributed by atoms with Crippen molar-refractivity contribution in [2.75, 3.05) is 0 Å². The van der Waals surface area contributed by atoms with Crippen molar-refractivity contribution in [3.63, 3.8) is 0 Å². The molecule has 0 aliphatic heterocycles. The molecule has 6 aliphatic rings. The van der Waals surface area contributed by atoms with Gasteiger partial charge in [0.1, 0.15) is 0 Å². The monoisotopic (exact) mass is 509 g/mol. The van der Waals surface area contributed by atoms with Crippen LogP contribution in [0.4, 0.5) is 0 Å². The summed E-state index contributed by atoms with van der Waals surface area (Å²) < 4.78 is 0. The van der Waals surface area contributed by atoms with E-state index in [-0.39, 0.29) is 26.2 Å². The second-order valence-electron chi connectivity index (χ2n) is 11.6. The van der Waals surface area contributed by atoms with Gasteiger partial charge in [-0.1, -0.05) is 74.1 Å². The molecule has 0 nitrogen and oxygen atoms in total. The van der Waals surface area contributed by atoms with E-state index in [0.29, 0.717) is 0 Å². The molecular formula is C32H35Zr-. The van der Waals surface area contributed by atoms with E-state index in [9.17, 15) is 0 Å². The maximum Gasteiger partial charge on any atom is 0 e. The summed E-state index contributed by atoms with van der Waals surface area (Å²) in [7, 11) is 0. The third-order valence-electron chi connectivity index (χ3n) is 9.59. The van der Waals surface area contributed by atoms with E-state index in [4.69, 9.17) is 0 Å². The molecule has 0 atom stereocenters. The van der Waals surface area contributed by atoms with Crippen LogP contribution in [-0.2, 0) is 26.2 Å². The molecule has 0 radical (unpaired) electrons. The third-order valence-corrected chi connectivity index (χ3v) is 9.59. The quantitative estimate of drug-likeness (QED) is 0.396. The molecule has 2 aromatic carbocycles. The van der Waals surface area contributed by atoms with E-state index in [0.717, 1.165) is 35.5 Å². The molecule has 0 amide bonds. The summed E-state index contributed by atoms with van der Waals surface area (Å²) in [6, 6.07) is 16.3. The van der Waals surface area contributed by atoms with Crippen LogP contribution >= 0.6 is 0 Å². The summed E-state index contributed by atoms with van der Waals surface area (Å²) in [5.74, 6) is 5.45. The van der Waals surface area contributed by atoms with E-state index in [1.165, 1.54) is 91.3 Å². The Morgan fingerprint density at radius 3 is 2.18 bits per heavy atom. The van der Waals surface area contributed by atoms with Crippen LogP contribution in [0.5, 0.6) is 0 Å². The van der Waals surface area contributed by atoms with Gasteiger partial charge in [0, 0.05) is 26.2 Å². The SMILES string of the molecule is [C-]1=c2cccc(-c3ccccc3C3C4CC5CC(C4)CC3C5)c2=CC1=CC1CCCCC1.[Zr]. The van der Waals surface area contributed by atoms with Gasteiger partial charge in [-0.2, -0.15) is 0 Å². The Kier molecular flexibility index (Phi) is 6.15. The topological polar surface area (TPSA) is 0 Å². The molecule has 0 spiro atoms. The summed E-state index contributed by atoms with van der Waals surface area (Å²) in [5.41, 5.74) is 5.91.